The van der Waals surface area contributed by atoms with Crippen LogP contribution in [-0.4, -0.2) is 23.9 Å². The summed E-state index contributed by atoms with van der Waals surface area (Å²) in [6.45, 7) is 1.06. The maximum Gasteiger partial charge on any atom is 0.254 e. The van der Waals surface area contributed by atoms with E-state index >= 15 is 0 Å². The smallest absolute Gasteiger partial charge is 0.254 e. The number of anilines is 1. The average Bonchev–Trinajstić information content (AvgIpc) is 3.15. The van der Waals surface area contributed by atoms with Crippen molar-refractivity contribution in [1.82, 2.24) is 4.90 Å². The van der Waals surface area contributed by atoms with Crippen LogP contribution in [0.2, 0.25) is 5.02 Å². The number of halogens is 1. The number of hydrogen-bond acceptors (Lipinski definition) is 2. The zero-order valence-electron chi connectivity index (χ0n) is 10.0. The van der Waals surface area contributed by atoms with Gasteiger partial charge in [0.15, 0.2) is 0 Å². The third-order valence-corrected chi connectivity index (χ3v) is 3.33. The van der Waals surface area contributed by atoms with E-state index in [-0.39, 0.29) is 5.91 Å². The monoisotopic (exact) mass is 262 g/mol. The van der Waals surface area contributed by atoms with Crippen LogP contribution in [0.3, 0.4) is 0 Å². The number of hydrogen-bond donors (Lipinski definition) is 1. The summed E-state index contributed by atoms with van der Waals surface area (Å²) < 4.78 is 0. The molecule has 1 aliphatic rings. The molecule has 0 bridgehead atoms. The summed E-state index contributed by atoms with van der Waals surface area (Å²) in [5.74, 6) is 3.05. The fourth-order valence-corrected chi connectivity index (χ4v) is 1.92. The van der Waals surface area contributed by atoms with Crippen molar-refractivity contribution >= 4 is 23.2 Å². The van der Waals surface area contributed by atoms with Gasteiger partial charge in [-0.3, -0.25) is 4.79 Å². The van der Waals surface area contributed by atoms with Gasteiger partial charge in [0, 0.05) is 12.1 Å². The van der Waals surface area contributed by atoms with Crippen LogP contribution in [0.15, 0.2) is 18.2 Å². The quantitative estimate of drug-likeness (QED) is 0.669. The molecule has 94 valence electrons. The van der Waals surface area contributed by atoms with E-state index in [1.54, 1.807) is 23.1 Å². The second kappa shape index (κ2) is 5.32. The Labute approximate surface area is 112 Å². The Hall–Kier alpha value is -1.66. The van der Waals surface area contributed by atoms with Gasteiger partial charge in [0.05, 0.1) is 17.3 Å². The van der Waals surface area contributed by atoms with Crippen molar-refractivity contribution in [2.75, 3.05) is 18.8 Å². The first-order valence-electron chi connectivity index (χ1n) is 5.89. The Kier molecular flexibility index (Phi) is 3.78. The predicted octanol–water partition coefficient (Wildman–Crippen LogP) is 2.41. The number of nitrogens with two attached hydrogens (primary N) is 1. The molecule has 1 aromatic carbocycles. The molecule has 0 atom stereocenters. The van der Waals surface area contributed by atoms with Gasteiger partial charge < -0.3 is 10.6 Å². The molecule has 0 saturated heterocycles. The van der Waals surface area contributed by atoms with Crippen molar-refractivity contribution in [3.63, 3.8) is 0 Å². The first-order valence-corrected chi connectivity index (χ1v) is 6.27. The summed E-state index contributed by atoms with van der Waals surface area (Å²) in [5, 5.41) is 0.456. The van der Waals surface area contributed by atoms with E-state index in [9.17, 15) is 4.79 Å². The molecule has 2 N–H and O–H groups in total. The molecule has 0 aliphatic heterocycles. The van der Waals surface area contributed by atoms with Gasteiger partial charge in [0.25, 0.3) is 5.91 Å². The van der Waals surface area contributed by atoms with Crippen molar-refractivity contribution in [1.29, 1.82) is 0 Å². The lowest BCUT2D eigenvalue weighted by Crippen LogP contribution is -2.33. The zero-order chi connectivity index (χ0) is 13.1. The third-order valence-electron chi connectivity index (χ3n) is 2.99. The Morgan fingerprint density at radius 3 is 2.83 bits per heavy atom. The number of carbonyl (C=O) groups excluding carboxylic acids is 1. The van der Waals surface area contributed by atoms with Crippen molar-refractivity contribution in [2.24, 2.45) is 5.92 Å². The molecule has 4 heteroatoms. The summed E-state index contributed by atoms with van der Waals surface area (Å²) >= 11 is 5.84. The molecule has 1 aliphatic carbocycles. The Balaban J connectivity index is 2.15. The van der Waals surface area contributed by atoms with Gasteiger partial charge in [-0.25, -0.2) is 0 Å². The Morgan fingerprint density at radius 2 is 2.28 bits per heavy atom. The van der Waals surface area contributed by atoms with E-state index < -0.39 is 0 Å². The number of rotatable bonds is 4. The van der Waals surface area contributed by atoms with Gasteiger partial charge in [0.1, 0.15) is 0 Å². The molecular weight excluding hydrogens is 248 g/mol. The maximum absolute atomic E-state index is 12.3. The number of amides is 1. The van der Waals surface area contributed by atoms with Gasteiger partial charge in [-0.05, 0) is 37.0 Å². The van der Waals surface area contributed by atoms with Crippen LogP contribution in [0.4, 0.5) is 5.69 Å². The van der Waals surface area contributed by atoms with Crippen molar-refractivity contribution in [3.05, 3.63) is 28.8 Å². The minimum absolute atomic E-state index is 0.0804. The molecule has 1 amide bonds. The molecule has 2 rings (SSSR count). The highest BCUT2D eigenvalue weighted by Crippen LogP contribution is 2.30. The normalized spacial score (nSPS) is 14.0. The molecule has 1 saturated carbocycles. The van der Waals surface area contributed by atoms with E-state index in [2.05, 4.69) is 5.92 Å². The van der Waals surface area contributed by atoms with Gasteiger partial charge >= 0.3 is 0 Å². The molecule has 1 aromatic rings. The SMILES string of the molecule is C#CCN(CC1CC1)C(=O)c1ccc(Cl)c(N)c1. The minimum Gasteiger partial charge on any atom is -0.398 e. The molecule has 1 fully saturated rings. The second-order valence-electron chi connectivity index (χ2n) is 4.57. The van der Waals surface area contributed by atoms with E-state index in [0.717, 1.165) is 6.54 Å². The first kappa shape index (κ1) is 12.8. The lowest BCUT2D eigenvalue weighted by atomic mass is 10.1. The summed E-state index contributed by atoms with van der Waals surface area (Å²) in [5.41, 5.74) is 6.65. The molecular formula is C14H15ClN2O. The van der Waals surface area contributed by atoms with Crippen LogP contribution < -0.4 is 5.73 Å². The highest BCUT2D eigenvalue weighted by atomic mass is 35.5. The van der Waals surface area contributed by atoms with Gasteiger partial charge in [-0.1, -0.05) is 17.5 Å². The van der Waals surface area contributed by atoms with Crippen LogP contribution in [0, 0.1) is 18.3 Å². The van der Waals surface area contributed by atoms with Crippen LogP contribution in [0.5, 0.6) is 0 Å². The summed E-state index contributed by atoms with van der Waals surface area (Å²) in [6.07, 6.45) is 7.66. The molecule has 0 radical (unpaired) electrons. The molecule has 0 aromatic heterocycles. The maximum atomic E-state index is 12.3. The number of terminal acetylenes is 1. The van der Waals surface area contributed by atoms with Crippen molar-refractivity contribution in [3.8, 4) is 12.3 Å². The minimum atomic E-state index is -0.0804. The lowest BCUT2D eigenvalue weighted by Gasteiger charge is -2.20. The van der Waals surface area contributed by atoms with Gasteiger partial charge in [-0.2, -0.15) is 0 Å². The van der Waals surface area contributed by atoms with Gasteiger partial charge in [-0.15, -0.1) is 6.42 Å². The Morgan fingerprint density at radius 1 is 1.56 bits per heavy atom. The van der Waals surface area contributed by atoms with E-state index in [0.29, 0.717) is 28.7 Å². The van der Waals surface area contributed by atoms with Crippen LogP contribution in [0.25, 0.3) is 0 Å². The molecule has 0 spiro atoms. The fourth-order valence-electron chi connectivity index (χ4n) is 1.80. The molecule has 3 nitrogen and oxygen atoms in total. The first-order chi connectivity index (χ1) is 8.61. The topological polar surface area (TPSA) is 46.3 Å². The largest absolute Gasteiger partial charge is 0.398 e. The number of carbonyl (C=O) groups is 1. The van der Waals surface area contributed by atoms with Crippen LogP contribution >= 0.6 is 11.6 Å². The number of nitrogen functional groups attached to an aromatic ring is 1. The predicted molar refractivity (Wildman–Crippen MR) is 73.3 cm³/mol. The van der Waals surface area contributed by atoms with Crippen LogP contribution in [-0.2, 0) is 0 Å². The fraction of sp³-hybridized carbons (Fsp3) is 0.357. The second-order valence-corrected chi connectivity index (χ2v) is 4.98. The third kappa shape index (κ3) is 2.96. The highest BCUT2D eigenvalue weighted by Gasteiger charge is 2.27. The molecule has 18 heavy (non-hydrogen) atoms. The summed E-state index contributed by atoms with van der Waals surface area (Å²) in [6, 6.07) is 4.91. The zero-order valence-corrected chi connectivity index (χ0v) is 10.8. The van der Waals surface area contributed by atoms with E-state index in [4.69, 9.17) is 23.8 Å². The molecule has 0 heterocycles. The van der Waals surface area contributed by atoms with E-state index in [1.165, 1.54) is 12.8 Å². The molecule has 0 unspecified atom stereocenters. The average molecular weight is 263 g/mol. The lowest BCUT2D eigenvalue weighted by molar-refractivity contribution is 0.0770. The summed E-state index contributed by atoms with van der Waals surface area (Å²) in [4.78, 5) is 14.0. The van der Waals surface area contributed by atoms with Gasteiger partial charge in [0.2, 0.25) is 0 Å². The highest BCUT2D eigenvalue weighted by molar-refractivity contribution is 6.33. The van der Waals surface area contributed by atoms with Crippen LogP contribution in [0.1, 0.15) is 23.2 Å². The van der Waals surface area contributed by atoms with Crippen molar-refractivity contribution in [2.45, 2.75) is 12.8 Å². The van der Waals surface area contributed by atoms with Crippen molar-refractivity contribution < 1.29 is 4.79 Å². The van der Waals surface area contributed by atoms with E-state index in [1.807, 2.05) is 0 Å². The Bertz CT molecular complexity index is 503. The number of nitrogens with zero attached hydrogens (tertiary/aromatic N) is 1. The number of benzene rings is 1. The summed E-state index contributed by atoms with van der Waals surface area (Å²) in [7, 11) is 0. The standard InChI is InChI=1S/C14H15ClN2O/c1-2-7-17(9-10-3-4-10)14(18)11-5-6-12(15)13(16)8-11/h1,5-6,8,10H,3-4,7,9,16H2.